The average molecular weight is 140 g/mol. The number of rotatable bonds is 1. The Kier molecular flexibility index (Phi) is 1.70. The second kappa shape index (κ2) is 2.36. The second-order valence-corrected chi connectivity index (χ2v) is 3.57. The van der Waals surface area contributed by atoms with Crippen LogP contribution < -0.4 is 0 Å². The van der Waals surface area contributed by atoms with Crippen LogP contribution in [-0.4, -0.2) is 20.2 Å². The molecule has 0 saturated carbocycles. The molecule has 0 bridgehead atoms. The van der Waals surface area contributed by atoms with Gasteiger partial charge in [-0.05, 0) is 15.8 Å². The van der Waals surface area contributed by atoms with Crippen molar-refractivity contribution in [3.63, 3.8) is 0 Å². The summed E-state index contributed by atoms with van der Waals surface area (Å²) in [5, 5.41) is 10.8. The molecule has 1 aromatic heterocycles. The van der Waals surface area contributed by atoms with E-state index < -0.39 is 0 Å². The number of aromatic nitrogens is 4. The fourth-order valence-electron chi connectivity index (χ4n) is 0.739. The zero-order chi connectivity index (χ0) is 7.61. The third kappa shape index (κ3) is 2.13. The highest BCUT2D eigenvalue weighted by Crippen LogP contribution is 2.14. The van der Waals surface area contributed by atoms with Gasteiger partial charge in [-0.15, -0.1) is 5.10 Å². The lowest BCUT2D eigenvalue weighted by Crippen LogP contribution is -2.15. The smallest absolute Gasteiger partial charge is 0.138 e. The largest absolute Gasteiger partial charge is 0.232 e. The van der Waals surface area contributed by atoms with E-state index in [2.05, 4.69) is 36.3 Å². The molecule has 1 aromatic rings. The summed E-state index contributed by atoms with van der Waals surface area (Å²) < 4.78 is 1.74. The monoisotopic (exact) mass is 140 g/mol. The third-order valence-corrected chi connectivity index (χ3v) is 1.03. The van der Waals surface area contributed by atoms with E-state index in [4.69, 9.17) is 0 Å². The van der Waals surface area contributed by atoms with Crippen LogP contribution in [0.25, 0.3) is 0 Å². The standard InChI is InChI=1S/C6H12N4/c1-6(2,3)4-10-5-7-8-9-10/h5H,4H2,1-3H3. The highest BCUT2D eigenvalue weighted by Gasteiger charge is 2.10. The number of hydrogen-bond donors (Lipinski definition) is 0. The molecule has 1 heterocycles. The van der Waals surface area contributed by atoms with Gasteiger partial charge in [0, 0.05) is 6.54 Å². The van der Waals surface area contributed by atoms with Gasteiger partial charge in [0.05, 0.1) is 0 Å². The molecule has 0 spiro atoms. The van der Waals surface area contributed by atoms with Gasteiger partial charge in [-0.3, -0.25) is 0 Å². The van der Waals surface area contributed by atoms with E-state index in [1.54, 1.807) is 11.0 Å². The molecule has 0 aliphatic carbocycles. The molecular weight excluding hydrogens is 128 g/mol. The molecule has 0 radical (unpaired) electrons. The van der Waals surface area contributed by atoms with E-state index in [0.29, 0.717) is 0 Å². The van der Waals surface area contributed by atoms with Crippen LogP contribution in [0.5, 0.6) is 0 Å². The highest BCUT2D eigenvalue weighted by molar-refractivity contribution is 4.61. The zero-order valence-corrected chi connectivity index (χ0v) is 6.57. The topological polar surface area (TPSA) is 43.6 Å². The minimum absolute atomic E-state index is 0.245. The molecule has 0 atom stereocenters. The Bertz CT molecular complexity index is 184. The first-order valence-electron chi connectivity index (χ1n) is 3.29. The van der Waals surface area contributed by atoms with Gasteiger partial charge in [0.25, 0.3) is 0 Å². The van der Waals surface area contributed by atoms with Crippen molar-refractivity contribution in [2.75, 3.05) is 0 Å². The summed E-state index contributed by atoms with van der Waals surface area (Å²) in [7, 11) is 0. The van der Waals surface area contributed by atoms with Crippen LogP contribution in [0.3, 0.4) is 0 Å². The fourth-order valence-corrected chi connectivity index (χ4v) is 0.739. The van der Waals surface area contributed by atoms with Crippen LogP contribution >= 0.6 is 0 Å². The summed E-state index contributed by atoms with van der Waals surface area (Å²) in [6.07, 6.45) is 1.63. The number of nitrogens with zero attached hydrogens (tertiary/aromatic N) is 4. The van der Waals surface area contributed by atoms with Gasteiger partial charge in [0.15, 0.2) is 0 Å². The van der Waals surface area contributed by atoms with Crippen LogP contribution in [0.4, 0.5) is 0 Å². The van der Waals surface area contributed by atoms with E-state index in [-0.39, 0.29) is 5.41 Å². The second-order valence-electron chi connectivity index (χ2n) is 3.57. The fraction of sp³-hybridized carbons (Fsp3) is 0.833. The van der Waals surface area contributed by atoms with Gasteiger partial charge in [-0.1, -0.05) is 20.8 Å². The van der Waals surface area contributed by atoms with Crippen molar-refractivity contribution in [1.29, 1.82) is 0 Å². The molecule has 1 rings (SSSR count). The maximum Gasteiger partial charge on any atom is 0.138 e. The Morgan fingerprint density at radius 1 is 1.40 bits per heavy atom. The van der Waals surface area contributed by atoms with Crippen LogP contribution in [0.15, 0.2) is 6.33 Å². The van der Waals surface area contributed by atoms with Crippen LogP contribution in [0.1, 0.15) is 20.8 Å². The molecule has 0 saturated heterocycles. The summed E-state index contributed by atoms with van der Waals surface area (Å²) >= 11 is 0. The Morgan fingerprint density at radius 2 is 2.10 bits per heavy atom. The molecule has 0 aliphatic heterocycles. The predicted molar refractivity (Wildman–Crippen MR) is 37.3 cm³/mol. The van der Waals surface area contributed by atoms with Crippen LogP contribution in [-0.2, 0) is 6.54 Å². The SMILES string of the molecule is CC(C)(C)Cn1cnnn1. The van der Waals surface area contributed by atoms with E-state index in [0.717, 1.165) is 6.54 Å². The number of tetrazole rings is 1. The van der Waals surface area contributed by atoms with E-state index >= 15 is 0 Å². The lowest BCUT2D eigenvalue weighted by molar-refractivity contribution is 0.321. The Balaban J connectivity index is 2.57. The quantitative estimate of drug-likeness (QED) is 0.577. The minimum atomic E-state index is 0.245. The molecule has 0 N–H and O–H groups in total. The van der Waals surface area contributed by atoms with E-state index in [9.17, 15) is 0 Å². The summed E-state index contributed by atoms with van der Waals surface area (Å²) in [5.41, 5.74) is 0.245. The molecule has 10 heavy (non-hydrogen) atoms. The van der Waals surface area contributed by atoms with Crippen molar-refractivity contribution in [2.45, 2.75) is 27.3 Å². The van der Waals surface area contributed by atoms with Gasteiger partial charge in [0.2, 0.25) is 0 Å². The Labute approximate surface area is 60.2 Å². The molecular formula is C6H12N4. The van der Waals surface area contributed by atoms with Crippen LogP contribution in [0.2, 0.25) is 0 Å². The molecule has 0 unspecified atom stereocenters. The van der Waals surface area contributed by atoms with Gasteiger partial charge in [0.1, 0.15) is 6.33 Å². The van der Waals surface area contributed by atoms with Gasteiger partial charge in [-0.2, -0.15) is 0 Å². The van der Waals surface area contributed by atoms with E-state index in [1.165, 1.54) is 0 Å². The maximum atomic E-state index is 3.76. The Morgan fingerprint density at radius 3 is 2.50 bits per heavy atom. The predicted octanol–water partition coefficient (Wildman–Crippen LogP) is 0.719. The number of hydrogen-bond acceptors (Lipinski definition) is 3. The molecule has 4 nitrogen and oxygen atoms in total. The summed E-state index contributed by atoms with van der Waals surface area (Å²) in [5.74, 6) is 0. The molecule has 56 valence electrons. The maximum absolute atomic E-state index is 3.76. The van der Waals surface area contributed by atoms with Crippen molar-refractivity contribution in [3.8, 4) is 0 Å². The first-order chi connectivity index (χ1) is 4.58. The van der Waals surface area contributed by atoms with Crippen molar-refractivity contribution < 1.29 is 0 Å². The third-order valence-electron chi connectivity index (χ3n) is 1.03. The van der Waals surface area contributed by atoms with Crippen molar-refractivity contribution in [1.82, 2.24) is 20.2 Å². The Hall–Kier alpha value is -0.930. The highest BCUT2D eigenvalue weighted by atomic mass is 15.5. The molecule has 0 aromatic carbocycles. The molecule has 0 fully saturated rings. The van der Waals surface area contributed by atoms with Crippen molar-refractivity contribution in [2.24, 2.45) is 5.41 Å². The lowest BCUT2D eigenvalue weighted by Gasteiger charge is -2.16. The summed E-state index contributed by atoms with van der Waals surface area (Å²) in [6.45, 7) is 7.30. The van der Waals surface area contributed by atoms with Crippen molar-refractivity contribution >= 4 is 0 Å². The first-order valence-corrected chi connectivity index (χ1v) is 3.29. The van der Waals surface area contributed by atoms with Gasteiger partial charge >= 0.3 is 0 Å². The minimum Gasteiger partial charge on any atom is -0.232 e. The first kappa shape index (κ1) is 7.18. The average Bonchev–Trinajstić information content (AvgIpc) is 2.12. The van der Waals surface area contributed by atoms with Gasteiger partial charge in [-0.25, -0.2) is 4.68 Å². The molecule has 4 heteroatoms. The van der Waals surface area contributed by atoms with Crippen molar-refractivity contribution in [3.05, 3.63) is 6.33 Å². The molecule has 0 amide bonds. The normalized spacial score (nSPS) is 11.9. The zero-order valence-electron chi connectivity index (χ0n) is 6.57. The van der Waals surface area contributed by atoms with Crippen LogP contribution in [0, 0.1) is 5.41 Å². The molecule has 0 aliphatic rings. The summed E-state index contributed by atoms with van der Waals surface area (Å²) in [4.78, 5) is 0. The van der Waals surface area contributed by atoms with E-state index in [1.807, 2.05) is 0 Å². The lowest BCUT2D eigenvalue weighted by atomic mass is 9.97. The summed E-state index contributed by atoms with van der Waals surface area (Å²) in [6, 6.07) is 0. The van der Waals surface area contributed by atoms with Gasteiger partial charge < -0.3 is 0 Å².